The van der Waals surface area contributed by atoms with Crippen LogP contribution in [0.25, 0.3) is 0 Å². The first-order valence-electron chi connectivity index (χ1n) is 5.87. The van der Waals surface area contributed by atoms with Crippen molar-refractivity contribution < 1.29 is 0 Å². The first kappa shape index (κ1) is 18.2. The molecule has 0 radical (unpaired) electrons. The van der Waals surface area contributed by atoms with Crippen molar-refractivity contribution in [2.24, 2.45) is 0 Å². The minimum atomic E-state index is 0.417. The normalized spacial score (nSPS) is 9.94. The highest BCUT2D eigenvalue weighted by Gasteiger charge is 2.06. The van der Waals surface area contributed by atoms with Gasteiger partial charge in [-0.2, -0.15) is 0 Å². The maximum Gasteiger partial charge on any atom is 0.0777 e. The lowest BCUT2D eigenvalue weighted by Crippen LogP contribution is -2.21. The van der Waals surface area contributed by atoms with Gasteiger partial charge in [0.1, 0.15) is 0 Å². The zero-order valence-electron chi connectivity index (χ0n) is 10.9. The van der Waals surface area contributed by atoms with Gasteiger partial charge in [-0.1, -0.05) is 62.3 Å². The van der Waals surface area contributed by atoms with E-state index in [0.29, 0.717) is 19.8 Å². The maximum atomic E-state index is 5.80. The number of benzene rings is 1. The van der Waals surface area contributed by atoms with Gasteiger partial charge in [-0.3, -0.25) is 0 Å². The van der Waals surface area contributed by atoms with E-state index in [1.54, 1.807) is 18.2 Å². The van der Waals surface area contributed by atoms with Crippen LogP contribution in [0, 0.1) is 0 Å². The smallest absolute Gasteiger partial charge is 0.0777 e. The lowest BCUT2D eigenvalue weighted by atomic mass is 10.2. The number of halogens is 2. The van der Waals surface area contributed by atoms with Gasteiger partial charge in [0.05, 0.1) is 14.2 Å². The summed E-state index contributed by atoms with van der Waals surface area (Å²) in [7, 11) is 0. The molecule has 0 heterocycles. The van der Waals surface area contributed by atoms with Gasteiger partial charge >= 0.3 is 0 Å². The zero-order chi connectivity index (χ0) is 14.1. The molecule has 102 valence electrons. The fraction of sp³-hybridized carbons (Fsp3) is 0.462. The fourth-order valence-electron chi connectivity index (χ4n) is 1.37. The Morgan fingerprint density at radius 3 is 1.67 bits per heavy atom. The largest absolute Gasteiger partial charge is 0.304 e. The highest BCUT2D eigenvalue weighted by molar-refractivity contribution is 8.11. The van der Waals surface area contributed by atoms with Crippen LogP contribution < -0.4 is 0 Å². The third-order valence-electron chi connectivity index (χ3n) is 2.52. The summed E-state index contributed by atoms with van der Waals surface area (Å²) in [6.07, 6.45) is 0. The van der Waals surface area contributed by atoms with Crippen LogP contribution in [0.2, 0.25) is 10.0 Å². The van der Waals surface area contributed by atoms with E-state index in [2.05, 4.69) is 38.3 Å². The van der Waals surface area contributed by atoms with E-state index in [4.69, 9.17) is 35.4 Å². The number of hydrogen-bond acceptors (Lipinski definition) is 2. The molecular weight excluding hydrogens is 305 g/mol. The third-order valence-corrected chi connectivity index (χ3v) is 3.58. The SMILES string of the molecule is CCN(CC)CC.S=C(S)c1c(Cl)cccc1Cl. The van der Waals surface area contributed by atoms with E-state index < -0.39 is 0 Å². The van der Waals surface area contributed by atoms with E-state index in [9.17, 15) is 0 Å². The maximum absolute atomic E-state index is 5.80. The van der Waals surface area contributed by atoms with Crippen LogP contribution in [0.3, 0.4) is 0 Å². The van der Waals surface area contributed by atoms with E-state index in [1.165, 1.54) is 19.6 Å². The average Bonchev–Trinajstić information content (AvgIpc) is 2.31. The second-order valence-corrected chi connectivity index (χ2v) is 5.49. The first-order valence-corrected chi connectivity index (χ1v) is 7.48. The molecule has 0 saturated heterocycles. The van der Waals surface area contributed by atoms with Crippen molar-refractivity contribution in [2.75, 3.05) is 19.6 Å². The number of nitrogens with zero attached hydrogens (tertiary/aromatic N) is 1. The molecule has 0 aliphatic rings. The van der Waals surface area contributed by atoms with Crippen LogP contribution in [0.1, 0.15) is 26.3 Å². The van der Waals surface area contributed by atoms with Crippen molar-refractivity contribution in [1.29, 1.82) is 0 Å². The molecule has 0 saturated carbocycles. The van der Waals surface area contributed by atoms with Crippen molar-refractivity contribution >= 4 is 52.2 Å². The average molecular weight is 324 g/mol. The molecule has 0 aliphatic heterocycles. The minimum absolute atomic E-state index is 0.417. The lowest BCUT2D eigenvalue weighted by Gasteiger charge is -2.13. The second kappa shape index (κ2) is 10.0. The Kier molecular flexibility index (Phi) is 10.2. The van der Waals surface area contributed by atoms with E-state index in [0.717, 1.165) is 0 Å². The van der Waals surface area contributed by atoms with Gasteiger partial charge in [0.15, 0.2) is 0 Å². The number of rotatable bonds is 4. The Morgan fingerprint density at radius 2 is 1.50 bits per heavy atom. The Hall–Kier alpha value is 0.200. The van der Waals surface area contributed by atoms with Gasteiger partial charge in [0.2, 0.25) is 0 Å². The molecule has 1 aromatic carbocycles. The molecule has 0 aromatic heterocycles. The van der Waals surface area contributed by atoms with Gasteiger partial charge in [0.25, 0.3) is 0 Å². The minimum Gasteiger partial charge on any atom is -0.304 e. The van der Waals surface area contributed by atoms with Crippen LogP contribution >= 0.6 is 48.0 Å². The topological polar surface area (TPSA) is 3.24 Å². The van der Waals surface area contributed by atoms with Crippen LogP contribution in [0.4, 0.5) is 0 Å². The van der Waals surface area contributed by atoms with Crippen molar-refractivity contribution in [2.45, 2.75) is 20.8 Å². The number of hydrogen-bond donors (Lipinski definition) is 1. The van der Waals surface area contributed by atoms with Crippen LogP contribution in [0.15, 0.2) is 18.2 Å². The van der Waals surface area contributed by atoms with Gasteiger partial charge in [-0.05, 0) is 31.8 Å². The predicted molar refractivity (Wildman–Crippen MR) is 90.6 cm³/mol. The quantitative estimate of drug-likeness (QED) is 0.617. The lowest BCUT2D eigenvalue weighted by molar-refractivity contribution is 0.321. The summed E-state index contributed by atoms with van der Waals surface area (Å²) in [5, 5.41) is 1.08. The Balaban J connectivity index is 0.000000360. The van der Waals surface area contributed by atoms with Gasteiger partial charge in [-0.25, -0.2) is 0 Å². The summed E-state index contributed by atoms with van der Waals surface area (Å²) < 4.78 is 0.417. The molecule has 0 N–H and O–H groups in total. The summed E-state index contributed by atoms with van der Waals surface area (Å²) in [5.74, 6) is 0. The summed E-state index contributed by atoms with van der Waals surface area (Å²) in [6, 6.07) is 5.22. The number of thiol groups is 1. The molecule has 1 rings (SSSR count). The summed E-state index contributed by atoms with van der Waals surface area (Å²) in [6.45, 7) is 10.1. The number of thiocarbonyl (C=S) groups is 1. The molecule has 18 heavy (non-hydrogen) atoms. The first-order chi connectivity index (χ1) is 8.47. The van der Waals surface area contributed by atoms with E-state index >= 15 is 0 Å². The molecule has 1 aromatic rings. The molecular formula is C13H19Cl2NS2. The Labute approximate surface area is 131 Å². The Bertz CT molecular complexity index is 353. The standard InChI is InChI=1S/C7H4Cl2S2.C6H15N/c8-4-2-1-3-5(9)6(4)7(10)11;1-4-7(5-2)6-3/h1-3H,(H,10,11);4-6H2,1-3H3. The van der Waals surface area contributed by atoms with Crippen LogP contribution in [0.5, 0.6) is 0 Å². The van der Waals surface area contributed by atoms with Crippen LogP contribution in [-0.2, 0) is 0 Å². The highest BCUT2D eigenvalue weighted by Crippen LogP contribution is 2.25. The second-order valence-electron chi connectivity index (χ2n) is 3.52. The molecule has 0 aliphatic carbocycles. The van der Waals surface area contributed by atoms with Gasteiger partial charge in [-0.15, -0.1) is 12.6 Å². The monoisotopic (exact) mass is 323 g/mol. The molecule has 0 spiro atoms. The predicted octanol–water partition coefficient (Wildman–Crippen LogP) is 4.95. The molecule has 0 fully saturated rings. The van der Waals surface area contributed by atoms with Crippen molar-refractivity contribution in [1.82, 2.24) is 4.90 Å². The van der Waals surface area contributed by atoms with Gasteiger partial charge in [0, 0.05) is 5.56 Å². The molecule has 0 atom stereocenters. The summed E-state index contributed by atoms with van der Waals surface area (Å²) >= 11 is 20.4. The van der Waals surface area contributed by atoms with E-state index in [-0.39, 0.29) is 0 Å². The summed E-state index contributed by atoms with van der Waals surface area (Å²) in [4.78, 5) is 2.38. The van der Waals surface area contributed by atoms with Crippen molar-refractivity contribution in [3.63, 3.8) is 0 Å². The van der Waals surface area contributed by atoms with Crippen molar-refractivity contribution in [3.8, 4) is 0 Å². The zero-order valence-corrected chi connectivity index (χ0v) is 14.1. The van der Waals surface area contributed by atoms with E-state index in [1.807, 2.05) is 0 Å². The van der Waals surface area contributed by atoms with Gasteiger partial charge < -0.3 is 4.90 Å². The molecule has 0 amide bonds. The summed E-state index contributed by atoms with van der Waals surface area (Å²) in [5.41, 5.74) is 0.633. The van der Waals surface area contributed by atoms with Crippen LogP contribution in [-0.4, -0.2) is 28.7 Å². The molecule has 0 unspecified atom stereocenters. The third kappa shape index (κ3) is 6.39. The fourth-order valence-corrected chi connectivity index (χ4v) is 2.66. The molecule has 5 heteroatoms. The Morgan fingerprint density at radius 1 is 1.11 bits per heavy atom. The molecule has 0 bridgehead atoms. The molecule has 1 nitrogen and oxygen atoms in total. The highest BCUT2D eigenvalue weighted by atomic mass is 35.5. The van der Waals surface area contributed by atoms with Crippen molar-refractivity contribution in [3.05, 3.63) is 33.8 Å².